The maximum Gasteiger partial charge on any atom is 0.233 e. The largest absolute Gasteiger partial charge is 0.493 e. The Morgan fingerprint density at radius 2 is 1.85 bits per heavy atom. The molecular formula is C26H27N3O3S. The molecule has 170 valence electrons. The van der Waals surface area contributed by atoms with Crippen LogP contribution in [0.5, 0.6) is 11.5 Å². The summed E-state index contributed by atoms with van der Waals surface area (Å²) in [6.07, 6.45) is 1.29. The number of hydrogen-bond acceptors (Lipinski definition) is 6. The van der Waals surface area contributed by atoms with Crippen LogP contribution in [0.1, 0.15) is 24.5 Å². The first-order valence-electron chi connectivity index (χ1n) is 10.7. The molecule has 0 radical (unpaired) electrons. The minimum Gasteiger partial charge on any atom is -0.493 e. The predicted molar refractivity (Wildman–Crippen MR) is 131 cm³/mol. The van der Waals surface area contributed by atoms with Crippen molar-refractivity contribution in [1.82, 2.24) is 10.3 Å². The molecule has 1 atom stereocenters. The highest BCUT2D eigenvalue weighted by atomic mass is 32.2. The second kappa shape index (κ2) is 11.9. The van der Waals surface area contributed by atoms with Crippen molar-refractivity contribution in [3.63, 3.8) is 0 Å². The molecule has 0 aliphatic carbocycles. The molecule has 0 spiro atoms. The number of nitrogens with one attached hydrogen (secondary N) is 1. The van der Waals surface area contributed by atoms with Crippen LogP contribution in [0, 0.1) is 11.3 Å². The highest BCUT2D eigenvalue weighted by molar-refractivity contribution is 8.00. The second-order valence-electron chi connectivity index (χ2n) is 7.27. The molecule has 1 unspecified atom stereocenters. The molecule has 1 N–H and O–H groups in total. The fourth-order valence-electron chi connectivity index (χ4n) is 3.32. The predicted octanol–water partition coefficient (Wildman–Crippen LogP) is 4.87. The number of carbonyl (C=O) groups is 1. The summed E-state index contributed by atoms with van der Waals surface area (Å²) in [5.74, 6) is 1.27. The Kier molecular flexibility index (Phi) is 8.73. The summed E-state index contributed by atoms with van der Waals surface area (Å²) in [5.41, 5.74) is 3.26. The average molecular weight is 462 g/mol. The lowest BCUT2D eigenvalue weighted by Gasteiger charge is -2.16. The maximum absolute atomic E-state index is 12.9. The minimum atomic E-state index is -0.346. The van der Waals surface area contributed by atoms with Gasteiger partial charge in [-0.2, -0.15) is 5.26 Å². The zero-order valence-electron chi connectivity index (χ0n) is 19.0. The zero-order valence-corrected chi connectivity index (χ0v) is 19.8. The maximum atomic E-state index is 12.9. The van der Waals surface area contributed by atoms with Gasteiger partial charge < -0.3 is 14.8 Å². The zero-order chi connectivity index (χ0) is 23.6. The second-order valence-corrected chi connectivity index (χ2v) is 8.46. The number of pyridine rings is 1. The standard InChI is InChI=1S/C26H27N3O3S/c1-4-24(25(30)28-15-14-18-10-13-22(31-2)23(16-18)32-3)33-26-20(17-27)11-12-21(29-26)19-8-6-5-7-9-19/h5-13,16,24H,4,14-15H2,1-3H3,(H,28,30). The topological polar surface area (TPSA) is 84.2 Å². The molecule has 3 rings (SSSR count). The van der Waals surface area contributed by atoms with Gasteiger partial charge in [0.05, 0.1) is 30.7 Å². The van der Waals surface area contributed by atoms with E-state index in [9.17, 15) is 10.1 Å². The number of amides is 1. The van der Waals surface area contributed by atoms with Crippen LogP contribution in [-0.2, 0) is 11.2 Å². The normalized spacial score (nSPS) is 11.3. The van der Waals surface area contributed by atoms with Gasteiger partial charge in [-0.15, -0.1) is 0 Å². The van der Waals surface area contributed by atoms with Crippen molar-refractivity contribution in [2.75, 3.05) is 20.8 Å². The molecule has 1 aromatic heterocycles. The molecule has 2 aromatic carbocycles. The van der Waals surface area contributed by atoms with E-state index < -0.39 is 0 Å². The summed E-state index contributed by atoms with van der Waals surface area (Å²) in [7, 11) is 3.20. The van der Waals surface area contributed by atoms with E-state index in [4.69, 9.17) is 9.47 Å². The summed E-state index contributed by atoms with van der Waals surface area (Å²) in [6, 6.07) is 21.3. The first-order chi connectivity index (χ1) is 16.1. The Bertz CT molecular complexity index is 1130. The first kappa shape index (κ1) is 24.1. The molecule has 33 heavy (non-hydrogen) atoms. The number of nitrogens with zero attached hydrogens (tertiary/aromatic N) is 2. The molecule has 6 nitrogen and oxygen atoms in total. The van der Waals surface area contributed by atoms with Gasteiger partial charge in [0, 0.05) is 12.1 Å². The number of thioether (sulfide) groups is 1. The molecule has 0 aliphatic heterocycles. The van der Waals surface area contributed by atoms with Gasteiger partial charge in [-0.1, -0.05) is 55.1 Å². The SMILES string of the molecule is CCC(Sc1nc(-c2ccccc2)ccc1C#N)C(=O)NCCc1ccc(OC)c(OC)c1. The van der Waals surface area contributed by atoms with Crippen LogP contribution in [0.3, 0.4) is 0 Å². The Morgan fingerprint density at radius 1 is 1.09 bits per heavy atom. The van der Waals surface area contributed by atoms with E-state index in [1.807, 2.05) is 61.5 Å². The van der Waals surface area contributed by atoms with E-state index in [2.05, 4.69) is 16.4 Å². The average Bonchev–Trinajstić information content (AvgIpc) is 2.87. The number of benzene rings is 2. The van der Waals surface area contributed by atoms with Gasteiger partial charge in [-0.3, -0.25) is 4.79 Å². The van der Waals surface area contributed by atoms with Gasteiger partial charge in [0.2, 0.25) is 5.91 Å². The fraction of sp³-hybridized carbons (Fsp3) is 0.269. The molecule has 3 aromatic rings. The van der Waals surface area contributed by atoms with Crippen molar-refractivity contribution in [3.05, 3.63) is 71.8 Å². The van der Waals surface area contributed by atoms with Crippen molar-refractivity contribution in [1.29, 1.82) is 5.26 Å². The van der Waals surface area contributed by atoms with Crippen molar-refractivity contribution >= 4 is 17.7 Å². The molecule has 0 bridgehead atoms. The van der Waals surface area contributed by atoms with E-state index in [0.717, 1.165) is 16.8 Å². The third-order valence-electron chi connectivity index (χ3n) is 5.13. The van der Waals surface area contributed by atoms with E-state index in [1.54, 1.807) is 20.3 Å². The molecule has 0 saturated heterocycles. The lowest BCUT2D eigenvalue weighted by atomic mass is 10.1. The van der Waals surface area contributed by atoms with Gasteiger partial charge in [-0.25, -0.2) is 4.98 Å². The van der Waals surface area contributed by atoms with Crippen LogP contribution < -0.4 is 14.8 Å². The highest BCUT2D eigenvalue weighted by Gasteiger charge is 2.21. The van der Waals surface area contributed by atoms with Gasteiger partial charge in [0.1, 0.15) is 11.1 Å². The molecule has 1 heterocycles. The van der Waals surface area contributed by atoms with Gasteiger partial charge in [0.25, 0.3) is 0 Å². The van der Waals surface area contributed by atoms with Crippen molar-refractivity contribution < 1.29 is 14.3 Å². The Morgan fingerprint density at radius 3 is 2.52 bits per heavy atom. The van der Waals surface area contributed by atoms with Gasteiger partial charge in [0.15, 0.2) is 11.5 Å². The smallest absolute Gasteiger partial charge is 0.233 e. The number of rotatable bonds is 10. The summed E-state index contributed by atoms with van der Waals surface area (Å²) in [4.78, 5) is 17.5. The number of nitriles is 1. The van der Waals surface area contributed by atoms with E-state index in [0.29, 0.717) is 41.5 Å². The van der Waals surface area contributed by atoms with Crippen molar-refractivity contribution in [2.45, 2.75) is 30.0 Å². The quantitative estimate of drug-likeness (QED) is 0.434. The molecule has 0 fully saturated rings. The fourth-order valence-corrected chi connectivity index (χ4v) is 4.34. The Hall–Kier alpha value is -3.50. The van der Waals surface area contributed by atoms with E-state index >= 15 is 0 Å². The number of carbonyl (C=O) groups excluding carboxylic acids is 1. The molecular weight excluding hydrogens is 434 g/mol. The van der Waals surface area contributed by atoms with Crippen molar-refractivity contribution in [3.8, 4) is 28.8 Å². The summed E-state index contributed by atoms with van der Waals surface area (Å²) in [5, 5.41) is 12.8. The number of methoxy groups -OCH3 is 2. The Balaban J connectivity index is 1.66. The third-order valence-corrected chi connectivity index (χ3v) is 6.49. The molecule has 1 amide bonds. The molecule has 7 heteroatoms. The molecule has 0 saturated carbocycles. The highest BCUT2D eigenvalue weighted by Crippen LogP contribution is 2.30. The van der Waals surface area contributed by atoms with Crippen molar-refractivity contribution in [2.24, 2.45) is 0 Å². The van der Waals surface area contributed by atoms with Crippen LogP contribution in [-0.4, -0.2) is 36.9 Å². The summed E-state index contributed by atoms with van der Waals surface area (Å²) >= 11 is 1.33. The minimum absolute atomic E-state index is 0.0706. The molecule has 0 aliphatic rings. The Labute approximate surface area is 199 Å². The number of aromatic nitrogens is 1. The van der Waals surface area contributed by atoms with Gasteiger partial charge in [-0.05, 0) is 42.7 Å². The summed E-state index contributed by atoms with van der Waals surface area (Å²) in [6.45, 7) is 2.45. The lowest BCUT2D eigenvalue weighted by molar-refractivity contribution is -0.120. The van der Waals surface area contributed by atoms with Gasteiger partial charge >= 0.3 is 0 Å². The van der Waals surface area contributed by atoms with Crippen LogP contribution in [0.25, 0.3) is 11.3 Å². The van der Waals surface area contributed by atoms with Crippen LogP contribution in [0.4, 0.5) is 0 Å². The number of hydrogen-bond donors (Lipinski definition) is 1. The van der Waals surface area contributed by atoms with E-state index in [-0.39, 0.29) is 11.2 Å². The number of ether oxygens (including phenoxy) is 2. The van der Waals surface area contributed by atoms with Crippen LogP contribution in [0.2, 0.25) is 0 Å². The van der Waals surface area contributed by atoms with E-state index in [1.165, 1.54) is 11.8 Å². The van der Waals surface area contributed by atoms with Crippen LogP contribution >= 0.6 is 11.8 Å². The summed E-state index contributed by atoms with van der Waals surface area (Å²) < 4.78 is 10.6. The third kappa shape index (κ3) is 6.27. The van der Waals surface area contributed by atoms with Crippen LogP contribution in [0.15, 0.2) is 65.7 Å². The lowest BCUT2D eigenvalue weighted by Crippen LogP contribution is -2.33. The monoisotopic (exact) mass is 461 g/mol. The first-order valence-corrected chi connectivity index (χ1v) is 11.6.